The third-order valence-corrected chi connectivity index (χ3v) is 4.09. The highest BCUT2D eigenvalue weighted by Gasteiger charge is 2.11. The van der Waals surface area contributed by atoms with E-state index in [1.807, 2.05) is 67.6 Å². The van der Waals surface area contributed by atoms with Gasteiger partial charge in [-0.25, -0.2) is 4.98 Å². The Kier molecular flexibility index (Phi) is 3.74. The number of rotatable bonds is 3. The zero-order valence-corrected chi connectivity index (χ0v) is 13.7. The van der Waals surface area contributed by atoms with Crippen LogP contribution >= 0.6 is 0 Å². The lowest BCUT2D eigenvalue weighted by Gasteiger charge is -2.10. The van der Waals surface area contributed by atoms with Crippen molar-refractivity contribution in [3.63, 3.8) is 0 Å². The van der Waals surface area contributed by atoms with Gasteiger partial charge in [-0.1, -0.05) is 48.5 Å². The predicted molar refractivity (Wildman–Crippen MR) is 100 cm³/mol. The summed E-state index contributed by atoms with van der Waals surface area (Å²) >= 11 is 0. The highest BCUT2D eigenvalue weighted by Crippen LogP contribution is 2.25. The molecule has 0 aliphatic rings. The van der Waals surface area contributed by atoms with Crippen molar-refractivity contribution in [2.75, 3.05) is 5.32 Å². The van der Waals surface area contributed by atoms with Gasteiger partial charge in [-0.05, 0) is 35.7 Å². The Labute approximate surface area is 144 Å². The summed E-state index contributed by atoms with van der Waals surface area (Å²) in [6.07, 6.45) is 1.68. The second-order valence-corrected chi connectivity index (χ2v) is 5.78. The third-order valence-electron chi connectivity index (χ3n) is 4.09. The lowest BCUT2D eigenvalue weighted by Crippen LogP contribution is -2.13. The van der Waals surface area contributed by atoms with Gasteiger partial charge in [0.25, 0.3) is 5.56 Å². The van der Waals surface area contributed by atoms with Crippen molar-refractivity contribution in [1.29, 1.82) is 0 Å². The highest BCUT2D eigenvalue weighted by atomic mass is 16.1. The highest BCUT2D eigenvalue weighted by molar-refractivity contribution is 5.92. The van der Waals surface area contributed by atoms with Crippen LogP contribution < -0.4 is 10.9 Å². The molecule has 0 bridgehead atoms. The molecule has 4 rings (SSSR count). The molecule has 0 unspecified atom stereocenters. The first-order valence-corrected chi connectivity index (χ1v) is 7.99. The molecule has 0 fully saturated rings. The summed E-state index contributed by atoms with van der Waals surface area (Å²) < 4.78 is 0. The van der Waals surface area contributed by atoms with Gasteiger partial charge in [-0.15, -0.1) is 0 Å². The SMILES string of the molecule is Cc1ccccc1Nc1nc2nccc(-c3ccccc3)c2c(=O)[nH]1. The smallest absolute Gasteiger partial charge is 0.262 e. The van der Waals surface area contributed by atoms with Crippen LogP contribution in [0.3, 0.4) is 0 Å². The first-order chi connectivity index (χ1) is 12.2. The second-order valence-electron chi connectivity index (χ2n) is 5.78. The Balaban J connectivity index is 1.84. The molecule has 0 saturated carbocycles. The summed E-state index contributed by atoms with van der Waals surface area (Å²) in [6, 6.07) is 19.4. The van der Waals surface area contributed by atoms with E-state index in [0.717, 1.165) is 22.4 Å². The number of anilines is 2. The summed E-state index contributed by atoms with van der Waals surface area (Å²) in [6.45, 7) is 1.99. The summed E-state index contributed by atoms with van der Waals surface area (Å²) in [5.41, 5.74) is 3.94. The van der Waals surface area contributed by atoms with E-state index in [1.54, 1.807) is 6.20 Å². The Morgan fingerprint density at radius 2 is 1.72 bits per heavy atom. The van der Waals surface area contributed by atoms with Crippen LogP contribution in [0.4, 0.5) is 11.6 Å². The van der Waals surface area contributed by atoms with Gasteiger partial charge in [0.05, 0.1) is 5.39 Å². The number of aromatic amines is 1. The summed E-state index contributed by atoms with van der Waals surface area (Å²) in [5.74, 6) is 0.379. The molecule has 0 radical (unpaired) electrons. The molecule has 0 atom stereocenters. The molecule has 2 N–H and O–H groups in total. The topological polar surface area (TPSA) is 70.7 Å². The van der Waals surface area contributed by atoms with Crippen LogP contribution in [-0.4, -0.2) is 15.0 Å². The molecule has 4 aromatic rings. The number of nitrogens with one attached hydrogen (secondary N) is 2. The quantitative estimate of drug-likeness (QED) is 0.595. The predicted octanol–water partition coefficient (Wildman–Crippen LogP) is 4.04. The van der Waals surface area contributed by atoms with E-state index in [1.165, 1.54) is 0 Å². The summed E-state index contributed by atoms with van der Waals surface area (Å²) in [4.78, 5) is 24.3. The summed E-state index contributed by atoms with van der Waals surface area (Å²) in [7, 11) is 0. The number of hydrogen-bond acceptors (Lipinski definition) is 4. The molecule has 2 aromatic heterocycles. The maximum absolute atomic E-state index is 12.7. The number of H-pyrrole nitrogens is 1. The summed E-state index contributed by atoms with van der Waals surface area (Å²) in [5, 5.41) is 3.65. The monoisotopic (exact) mass is 328 g/mol. The molecule has 0 spiro atoms. The minimum Gasteiger partial charge on any atom is -0.325 e. The van der Waals surface area contributed by atoms with Crippen LogP contribution in [0.2, 0.25) is 0 Å². The number of aromatic nitrogens is 3. The normalized spacial score (nSPS) is 10.8. The molecule has 0 saturated heterocycles. The molecule has 0 amide bonds. The number of para-hydroxylation sites is 1. The van der Waals surface area contributed by atoms with Crippen molar-refractivity contribution in [2.45, 2.75) is 6.92 Å². The molecule has 5 nitrogen and oxygen atoms in total. The minimum absolute atomic E-state index is 0.215. The van der Waals surface area contributed by atoms with E-state index in [2.05, 4.69) is 20.3 Å². The molecule has 2 heterocycles. The van der Waals surface area contributed by atoms with Gasteiger partial charge in [-0.2, -0.15) is 4.98 Å². The number of aryl methyl sites for hydroxylation is 1. The van der Waals surface area contributed by atoms with Gasteiger partial charge in [0.15, 0.2) is 5.65 Å². The molecule has 0 aliphatic heterocycles. The first-order valence-electron chi connectivity index (χ1n) is 7.99. The van der Waals surface area contributed by atoms with Gasteiger partial charge in [-0.3, -0.25) is 9.78 Å². The van der Waals surface area contributed by atoms with Crippen LogP contribution in [0.5, 0.6) is 0 Å². The third kappa shape index (κ3) is 2.87. The molecule has 2 aromatic carbocycles. The minimum atomic E-state index is -0.215. The average molecular weight is 328 g/mol. The molecule has 0 aliphatic carbocycles. The number of hydrogen-bond donors (Lipinski definition) is 2. The lowest BCUT2D eigenvalue weighted by atomic mass is 10.0. The van der Waals surface area contributed by atoms with Crippen LogP contribution in [0.1, 0.15) is 5.56 Å². The fourth-order valence-electron chi connectivity index (χ4n) is 2.82. The molecule has 25 heavy (non-hydrogen) atoms. The lowest BCUT2D eigenvalue weighted by molar-refractivity contribution is 1.14. The maximum atomic E-state index is 12.7. The molecule has 122 valence electrons. The number of nitrogens with zero attached hydrogens (tertiary/aromatic N) is 2. The molecular formula is C20H16N4O. The second kappa shape index (κ2) is 6.20. The van der Waals surface area contributed by atoms with Gasteiger partial charge < -0.3 is 5.32 Å². The van der Waals surface area contributed by atoms with Gasteiger partial charge in [0, 0.05) is 11.9 Å². The van der Waals surface area contributed by atoms with Crippen molar-refractivity contribution >= 4 is 22.7 Å². The van der Waals surface area contributed by atoms with Gasteiger partial charge in [0.2, 0.25) is 5.95 Å². The fourth-order valence-corrected chi connectivity index (χ4v) is 2.82. The zero-order chi connectivity index (χ0) is 17.2. The van der Waals surface area contributed by atoms with Crippen molar-refractivity contribution in [3.05, 3.63) is 82.8 Å². The van der Waals surface area contributed by atoms with Gasteiger partial charge in [0.1, 0.15) is 0 Å². The van der Waals surface area contributed by atoms with E-state index in [9.17, 15) is 4.79 Å². The first kappa shape index (κ1) is 15.1. The van der Waals surface area contributed by atoms with E-state index in [4.69, 9.17) is 0 Å². The van der Waals surface area contributed by atoms with E-state index < -0.39 is 0 Å². The van der Waals surface area contributed by atoms with Crippen molar-refractivity contribution in [3.8, 4) is 11.1 Å². The van der Waals surface area contributed by atoms with Gasteiger partial charge >= 0.3 is 0 Å². The van der Waals surface area contributed by atoms with E-state index >= 15 is 0 Å². The zero-order valence-electron chi connectivity index (χ0n) is 13.7. The van der Waals surface area contributed by atoms with Crippen molar-refractivity contribution < 1.29 is 0 Å². The molecule has 5 heteroatoms. The Morgan fingerprint density at radius 1 is 0.960 bits per heavy atom. The maximum Gasteiger partial charge on any atom is 0.262 e. The Morgan fingerprint density at radius 3 is 2.52 bits per heavy atom. The fraction of sp³-hybridized carbons (Fsp3) is 0.0500. The Hall–Kier alpha value is -3.47. The Bertz CT molecular complexity index is 1100. The van der Waals surface area contributed by atoms with E-state index in [-0.39, 0.29) is 5.56 Å². The largest absolute Gasteiger partial charge is 0.325 e. The number of pyridine rings is 1. The van der Waals surface area contributed by atoms with Crippen molar-refractivity contribution in [2.24, 2.45) is 0 Å². The average Bonchev–Trinajstić information content (AvgIpc) is 2.64. The molecular weight excluding hydrogens is 312 g/mol. The van der Waals surface area contributed by atoms with Crippen LogP contribution in [0, 0.1) is 6.92 Å². The van der Waals surface area contributed by atoms with Crippen LogP contribution in [0.15, 0.2) is 71.7 Å². The van der Waals surface area contributed by atoms with Crippen LogP contribution in [-0.2, 0) is 0 Å². The number of fused-ring (bicyclic) bond motifs is 1. The standard InChI is InChI=1S/C20H16N4O/c1-13-7-5-6-10-16(13)22-20-23-18-17(19(25)24-20)15(11-12-21-18)14-8-3-2-4-9-14/h2-12H,1H3,(H2,21,22,23,24,25). The van der Waals surface area contributed by atoms with Crippen molar-refractivity contribution in [1.82, 2.24) is 15.0 Å². The van der Waals surface area contributed by atoms with E-state index in [0.29, 0.717) is 17.0 Å². The number of benzene rings is 2. The van der Waals surface area contributed by atoms with Crippen LogP contribution in [0.25, 0.3) is 22.2 Å².